The molecule has 1 aromatic rings. The molecule has 1 saturated carbocycles. The molecule has 1 heterocycles. The van der Waals surface area contributed by atoms with Crippen molar-refractivity contribution in [1.29, 1.82) is 0 Å². The highest BCUT2D eigenvalue weighted by Crippen LogP contribution is 2.35. The first-order chi connectivity index (χ1) is 6.90. The Hall–Kier alpha value is -0.130. The Balaban J connectivity index is 1.90. The van der Waals surface area contributed by atoms with Gasteiger partial charge in [-0.3, -0.25) is 0 Å². The lowest BCUT2D eigenvalue weighted by molar-refractivity contribution is 0.551. The molecule has 1 aliphatic carbocycles. The fourth-order valence-electron chi connectivity index (χ4n) is 1.91. The highest BCUT2D eigenvalue weighted by molar-refractivity contribution is 8.01. The molecule has 0 spiro atoms. The van der Waals surface area contributed by atoms with E-state index in [0.717, 1.165) is 10.9 Å². The van der Waals surface area contributed by atoms with Crippen LogP contribution in [-0.2, 0) is 0 Å². The van der Waals surface area contributed by atoms with Crippen LogP contribution in [0.3, 0.4) is 0 Å². The van der Waals surface area contributed by atoms with E-state index in [-0.39, 0.29) is 0 Å². The van der Waals surface area contributed by atoms with Crippen LogP contribution in [0.25, 0.3) is 0 Å². The summed E-state index contributed by atoms with van der Waals surface area (Å²) in [5.41, 5.74) is 1.81. The van der Waals surface area contributed by atoms with Crippen molar-refractivity contribution >= 4 is 23.1 Å². The molecule has 0 saturated heterocycles. The first-order valence-corrected chi connectivity index (χ1v) is 6.82. The molecule has 0 aliphatic heterocycles. The zero-order valence-electron chi connectivity index (χ0n) is 8.27. The van der Waals surface area contributed by atoms with Crippen LogP contribution in [0.1, 0.15) is 26.2 Å². The Kier molecular flexibility index (Phi) is 3.78. The van der Waals surface area contributed by atoms with Crippen LogP contribution in [0, 0.1) is 0 Å². The first-order valence-electron chi connectivity index (χ1n) is 5.06. The Labute approximate surface area is 92.7 Å². The molecule has 1 aliphatic rings. The molecule has 2 atom stereocenters. The summed E-state index contributed by atoms with van der Waals surface area (Å²) in [4.78, 5) is 0. The summed E-state index contributed by atoms with van der Waals surface area (Å²) < 4.78 is 1.11. The first kappa shape index (κ1) is 10.4. The highest BCUT2D eigenvalue weighted by atomic mass is 32.2. The molecule has 0 radical (unpaired) electrons. The summed E-state index contributed by atoms with van der Waals surface area (Å²) in [5, 5.41) is 12.2. The van der Waals surface area contributed by atoms with Crippen LogP contribution in [0.5, 0.6) is 0 Å². The Morgan fingerprint density at radius 3 is 3.29 bits per heavy atom. The minimum atomic E-state index is 0.675. The molecule has 2 unspecified atom stereocenters. The summed E-state index contributed by atoms with van der Waals surface area (Å²) in [6.07, 6.45) is 3.96. The topological polar surface area (TPSA) is 37.8 Å². The fraction of sp³-hybridized carbons (Fsp3) is 0.778. The van der Waals surface area contributed by atoms with Gasteiger partial charge in [0.1, 0.15) is 5.51 Å². The van der Waals surface area contributed by atoms with Crippen molar-refractivity contribution < 1.29 is 0 Å². The van der Waals surface area contributed by atoms with Crippen molar-refractivity contribution in [2.45, 2.75) is 41.8 Å². The van der Waals surface area contributed by atoms with Gasteiger partial charge in [0.05, 0.1) is 0 Å². The molecule has 0 aromatic carbocycles. The van der Waals surface area contributed by atoms with Crippen molar-refractivity contribution in [2.24, 2.45) is 0 Å². The predicted octanol–water partition coefficient (Wildman–Crippen LogP) is 2.16. The van der Waals surface area contributed by atoms with Crippen molar-refractivity contribution in [1.82, 2.24) is 15.5 Å². The number of rotatable bonds is 4. The van der Waals surface area contributed by atoms with E-state index in [1.54, 1.807) is 16.8 Å². The monoisotopic (exact) mass is 229 g/mol. The lowest BCUT2D eigenvalue weighted by atomic mass is 10.2. The number of nitrogens with zero attached hydrogens (tertiary/aromatic N) is 2. The van der Waals surface area contributed by atoms with E-state index in [1.807, 2.05) is 11.8 Å². The van der Waals surface area contributed by atoms with E-state index in [2.05, 4.69) is 22.4 Å². The zero-order chi connectivity index (χ0) is 9.80. The van der Waals surface area contributed by atoms with Gasteiger partial charge in [-0.2, -0.15) is 0 Å². The third kappa shape index (κ3) is 2.46. The molecule has 1 aromatic heterocycles. The third-order valence-electron chi connectivity index (χ3n) is 2.51. The minimum absolute atomic E-state index is 0.675. The second-order valence-electron chi connectivity index (χ2n) is 3.46. The zero-order valence-corrected chi connectivity index (χ0v) is 9.90. The lowest BCUT2D eigenvalue weighted by Gasteiger charge is -2.18. The molecule has 0 bridgehead atoms. The molecule has 1 N–H and O–H groups in total. The largest absolute Gasteiger partial charge is 0.313 e. The number of hydrogen-bond donors (Lipinski definition) is 1. The van der Waals surface area contributed by atoms with Crippen molar-refractivity contribution in [3.63, 3.8) is 0 Å². The number of aromatic nitrogens is 2. The molecule has 5 heteroatoms. The molecule has 78 valence electrons. The summed E-state index contributed by atoms with van der Waals surface area (Å²) in [5.74, 6) is 0. The van der Waals surface area contributed by atoms with Gasteiger partial charge in [-0.15, -0.1) is 10.2 Å². The van der Waals surface area contributed by atoms with Gasteiger partial charge in [-0.05, 0) is 19.4 Å². The number of nitrogens with one attached hydrogen (secondary N) is 1. The minimum Gasteiger partial charge on any atom is -0.313 e. The second kappa shape index (κ2) is 5.09. The van der Waals surface area contributed by atoms with Crippen LogP contribution in [0.15, 0.2) is 9.85 Å². The van der Waals surface area contributed by atoms with Crippen molar-refractivity contribution in [3.8, 4) is 0 Å². The molecule has 14 heavy (non-hydrogen) atoms. The quantitative estimate of drug-likeness (QED) is 0.858. The van der Waals surface area contributed by atoms with E-state index in [0.29, 0.717) is 11.3 Å². The van der Waals surface area contributed by atoms with E-state index in [9.17, 15) is 0 Å². The van der Waals surface area contributed by atoms with E-state index < -0.39 is 0 Å². The average molecular weight is 229 g/mol. The molecule has 2 rings (SSSR count). The van der Waals surface area contributed by atoms with Gasteiger partial charge < -0.3 is 5.32 Å². The van der Waals surface area contributed by atoms with Crippen LogP contribution in [-0.4, -0.2) is 28.0 Å². The lowest BCUT2D eigenvalue weighted by Crippen LogP contribution is -2.33. The summed E-state index contributed by atoms with van der Waals surface area (Å²) in [6.45, 7) is 3.24. The van der Waals surface area contributed by atoms with Crippen LogP contribution in [0.4, 0.5) is 0 Å². The van der Waals surface area contributed by atoms with Crippen LogP contribution >= 0.6 is 23.1 Å². The van der Waals surface area contributed by atoms with Gasteiger partial charge in [-0.1, -0.05) is 36.4 Å². The molecule has 3 nitrogen and oxygen atoms in total. The Morgan fingerprint density at radius 2 is 2.57 bits per heavy atom. The van der Waals surface area contributed by atoms with Gasteiger partial charge in [0.2, 0.25) is 0 Å². The van der Waals surface area contributed by atoms with Gasteiger partial charge >= 0.3 is 0 Å². The molecular weight excluding hydrogens is 214 g/mol. The van der Waals surface area contributed by atoms with Gasteiger partial charge in [0.15, 0.2) is 4.34 Å². The average Bonchev–Trinajstić information content (AvgIpc) is 2.80. The standard InChI is InChI=1S/C9H15N3S2/c1-2-10-7-4-3-5-8(7)14-9-12-11-6-13-9/h6-8,10H,2-5H2,1H3. The summed E-state index contributed by atoms with van der Waals surface area (Å²) in [6, 6.07) is 0.675. The van der Waals surface area contributed by atoms with E-state index >= 15 is 0 Å². The Morgan fingerprint density at radius 1 is 1.64 bits per heavy atom. The highest BCUT2D eigenvalue weighted by Gasteiger charge is 2.27. The number of thioether (sulfide) groups is 1. The van der Waals surface area contributed by atoms with Crippen LogP contribution in [0.2, 0.25) is 0 Å². The van der Waals surface area contributed by atoms with Crippen molar-refractivity contribution in [3.05, 3.63) is 5.51 Å². The maximum Gasteiger partial charge on any atom is 0.174 e. The van der Waals surface area contributed by atoms with E-state index in [4.69, 9.17) is 0 Å². The third-order valence-corrected chi connectivity index (χ3v) is 4.72. The Bertz CT molecular complexity index is 263. The maximum atomic E-state index is 4.08. The van der Waals surface area contributed by atoms with Gasteiger partial charge in [0.25, 0.3) is 0 Å². The second-order valence-corrected chi connectivity index (χ2v) is 5.78. The smallest absolute Gasteiger partial charge is 0.174 e. The van der Waals surface area contributed by atoms with E-state index in [1.165, 1.54) is 19.3 Å². The molecule has 1 fully saturated rings. The van der Waals surface area contributed by atoms with Gasteiger partial charge in [-0.25, -0.2) is 0 Å². The fourth-order valence-corrected chi connectivity index (χ4v) is 3.94. The number of hydrogen-bond acceptors (Lipinski definition) is 5. The van der Waals surface area contributed by atoms with Crippen molar-refractivity contribution in [2.75, 3.05) is 6.54 Å². The van der Waals surface area contributed by atoms with Crippen LogP contribution < -0.4 is 5.32 Å². The van der Waals surface area contributed by atoms with Gasteiger partial charge in [0, 0.05) is 11.3 Å². The molecular formula is C9H15N3S2. The molecule has 0 amide bonds. The normalized spacial score (nSPS) is 26.9. The predicted molar refractivity (Wildman–Crippen MR) is 60.9 cm³/mol. The maximum absolute atomic E-state index is 4.08. The SMILES string of the molecule is CCNC1CCCC1Sc1nncs1. The summed E-state index contributed by atoms with van der Waals surface area (Å²) in [7, 11) is 0. The summed E-state index contributed by atoms with van der Waals surface area (Å²) >= 11 is 3.53.